The average Bonchev–Trinajstić information content (AvgIpc) is 2.80. The van der Waals surface area contributed by atoms with Gasteiger partial charge in [0.2, 0.25) is 0 Å². The van der Waals surface area contributed by atoms with E-state index in [-0.39, 0.29) is 5.78 Å². The molecule has 1 aliphatic heterocycles. The summed E-state index contributed by atoms with van der Waals surface area (Å²) in [5, 5.41) is 12.3. The van der Waals surface area contributed by atoms with Crippen LogP contribution in [0.5, 0.6) is 0 Å². The quantitative estimate of drug-likeness (QED) is 0.307. The van der Waals surface area contributed by atoms with Gasteiger partial charge < -0.3 is 10.4 Å². The summed E-state index contributed by atoms with van der Waals surface area (Å²) in [6.07, 6.45) is 31.6. The molecule has 32 heavy (non-hydrogen) atoms. The molecule has 5 nitrogen and oxygen atoms in total. The highest BCUT2D eigenvalue weighted by Gasteiger charge is 2.30. The van der Waals surface area contributed by atoms with Gasteiger partial charge in [0.1, 0.15) is 6.04 Å². The number of hydrogen-bond acceptors (Lipinski definition) is 3. The standard InChI is InChI=1S/C27H40N2O3/c1-2-3-4-5-6-7-8-9-10-11-12-13-14-15-16-17-18-19-20-21-26(30)25-24-28-22-23-29(25)27(31)32/h3-4,6-7,9-10,12-13,15-16,18-19,25,28H,2,5,8,11,14,17,20-24H2,1H3,(H,31,32)/b4-3+,7-6+,10-9+,13-12+,16-15+,19-18+. The van der Waals surface area contributed by atoms with Crippen molar-refractivity contribution in [2.45, 2.75) is 64.3 Å². The van der Waals surface area contributed by atoms with Crippen LogP contribution in [0.15, 0.2) is 72.9 Å². The number of amides is 1. The van der Waals surface area contributed by atoms with Crippen molar-refractivity contribution in [1.82, 2.24) is 10.2 Å². The fraction of sp³-hybridized carbons (Fsp3) is 0.481. The Morgan fingerprint density at radius 2 is 1.28 bits per heavy atom. The maximum Gasteiger partial charge on any atom is 0.408 e. The number of nitrogens with zero attached hydrogens (tertiary/aromatic N) is 1. The van der Waals surface area contributed by atoms with Crippen LogP contribution < -0.4 is 5.32 Å². The Morgan fingerprint density at radius 3 is 1.75 bits per heavy atom. The zero-order valence-corrected chi connectivity index (χ0v) is 19.5. The van der Waals surface area contributed by atoms with Crippen LogP contribution in [0.25, 0.3) is 0 Å². The topological polar surface area (TPSA) is 69.6 Å². The fourth-order valence-electron chi connectivity index (χ4n) is 3.25. The van der Waals surface area contributed by atoms with Crippen LogP contribution in [-0.4, -0.2) is 47.6 Å². The van der Waals surface area contributed by atoms with Gasteiger partial charge in [-0.25, -0.2) is 4.79 Å². The van der Waals surface area contributed by atoms with Gasteiger partial charge in [0.05, 0.1) is 0 Å². The van der Waals surface area contributed by atoms with Crippen LogP contribution in [0.3, 0.4) is 0 Å². The summed E-state index contributed by atoms with van der Waals surface area (Å²) in [6, 6.07) is -0.555. The predicted molar refractivity (Wildman–Crippen MR) is 134 cm³/mol. The van der Waals surface area contributed by atoms with Crippen molar-refractivity contribution in [3.05, 3.63) is 72.9 Å². The smallest absolute Gasteiger partial charge is 0.408 e. The number of carbonyl (C=O) groups excluding carboxylic acids is 1. The SMILES string of the molecule is CC/C=C/C/C=C/C/C=C/C/C=C/C/C=C/C/C=C/CCC(=O)C1CNCCN1C(=O)O. The molecule has 1 atom stereocenters. The summed E-state index contributed by atoms with van der Waals surface area (Å²) in [7, 11) is 0. The average molecular weight is 441 g/mol. The molecule has 0 aliphatic carbocycles. The van der Waals surface area contributed by atoms with E-state index in [4.69, 9.17) is 0 Å². The molecule has 1 rings (SSSR count). The molecule has 5 heteroatoms. The van der Waals surface area contributed by atoms with Crippen LogP contribution in [0.1, 0.15) is 58.3 Å². The first-order valence-corrected chi connectivity index (χ1v) is 11.8. The molecule has 0 bridgehead atoms. The van der Waals surface area contributed by atoms with Gasteiger partial charge in [-0.1, -0.05) is 79.8 Å². The van der Waals surface area contributed by atoms with E-state index in [9.17, 15) is 14.7 Å². The lowest BCUT2D eigenvalue weighted by molar-refractivity contribution is -0.124. The molecule has 176 valence electrons. The van der Waals surface area contributed by atoms with Crippen LogP contribution in [0.2, 0.25) is 0 Å². The van der Waals surface area contributed by atoms with Crippen molar-refractivity contribution in [1.29, 1.82) is 0 Å². The third-order valence-corrected chi connectivity index (χ3v) is 5.01. The molecule has 0 spiro atoms. The normalized spacial score (nSPS) is 17.9. The largest absolute Gasteiger partial charge is 0.465 e. The highest BCUT2D eigenvalue weighted by molar-refractivity contribution is 5.87. The second-order valence-corrected chi connectivity index (χ2v) is 7.62. The number of carboxylic acid groups (broad SMARTS) is 1. The molecule has 0 radical (unpaired) electrons. The molecule has 0 saturated carbocycles. The van der Waals surface area contributed by atoms with E-state index in [0.717, 1.165) is 38.5 Å². The number of hydrogen-bond donors (Lipinski definition) is 2. The molecule has 1 amide bonds. The van der Waals surface area contributed by atoms with Crippen molar-refractivity contribution in [3.8, 4) is 0 Å². The third-order valence-electron chi connectivity index (χ3n) is 5.01. The van der Waals surface area contributed by atoms with Crippen molar-refractivity contribution in [2.24, 2.45) is 0 Å². The fourth-order valence-corrected chi connectivity index (χ4v) is 3.25. The van der Waals surface area contributed by atoms with Gasteiger partial charge in [0.15, 0.2) is 5.78 Å². The van der Waals surface area contributed by atoms with Crippen molar-refractivity contribution in [3.63, 3.8) is 0 Å². The zero-order chi connectivity index (χ0) is 23.3. The number of ketones is 1. The minimum atomic E-state index is -1.02. The summed E-state index contributed by atoms with van der Waals surface area (Å²) in [6.45, 7) is 3.52. The Labute approximate surface area is 194 Å². The monoisotopic (exact) mass is 440 g/mol. The number of Topliss-reactive ketones (excluding diaryl/α,β-unsaturated/α-hetero) is 1. The maximum atomic E-state index is 12.3. The van der Waals surface area contributed by atoms with Gasteiger partial charge in [-0.3, -0.25) is 9.69 Å². The number of allylic oxidation sites excluding steroid dienone is 12. The number of piperazine rings is 1. The molecule has 1 saturated heterocycles. The summed E-state index contributed by atoms with van der Waals surface area (Å²) in [5.41, 5.74) is 0. The second-order valence-electron chi connectivity index (χ2n) is 7.62. The number of carbonyl (C=O) groups is 2. The van der Waals surface area contributed by atoms with Crippen LogP contribution >= 0.6 is 0 Å². The van der Waals surface area contributed by atoms with Gasteiger partial charge in [0.25, 0.3) is 0 Å². The number of nitrogens with one attached hydrogen (secondary N) is 1. The minimum absolute atomic E-state index is 0.0147. The van der Waals surface area contributed by atoms with Crippen molar-refractivity contribution < 1.29 is 14.7 Å². The highest BCUT2D eigenvalue weighted by Crippen LogP contribution is 2.09. The van der Waals surface area contributed by atoms with Crippen LogP contribution in [0.4, 0.5) is 4.79 Å². The first kappa shape index (κ1) is 27.4. The zero-order valence-electron chi connectivity index (χ0n) is 19.5. The van der Waals surface area contributed by atoms with Gasteiger partial charge >= 0.3 is 6.09 Å². The Morgan fingerprint density at radius 1 is 0.812 bits per heavy atom. The third kappa shape index (κ3) is 13.6. The summed E-state index contributed by atoms with van der Waals surface area (Å²) in [5.74, 6) is -0.0147. The van der Waals surface area contributed by atoms with Gasteiger partial charge in [-0.05, 0) is 44.9 Å². The van der Waals surface area contributed by atoms with E-state index in [2.05, 4.69) is 79.1 Å². The molecule has 0 aromatic carbocycles. The Balaban J connectivity index is 2.07. The lowest BCUT2D eigenvalue weighted by atomic mass is 10.0. The van der Waals surface area contributed by atoms with E-state index in [1.165, 1.54) is 4.90 Å². The van der Waals surface area contributed by atoms with E-state index < -0.39 is 12.1 Å². The van der Waals surface area contributed by atoms with Gasteiger partial charge in [-0.15, -0.1) is 0 Å². The van der Waals surface area contributed by atoms with Crippen LogP contribution in [0, 0.1) is 0 Å². The summed E-state index contributed by atoms with van der Waals surface area (Å²) < 4.78 is 0. The maximum absolute atomic E-state index is 12.3. The van der Waals surface area contributed by atoms with Crippen LogP contribution in [-0.2, 0) is 4.79 Å². The summed E-state index contributed by atoms with van der Waals surface area (Å²) in [4.78, 5) is 24.8. The Hall–Kier alpha value is -2.66. The number of rotatable bonds is 15. The van der Waals surface area contributed by atoms with E-state index in [1.54, 1.807) is 0 Å². The molecule has 1 unspecified atom stereocenters. The van der Waals surface area contributed by atoms with Crippen molar-refractivity contribution in [2.75, 3.05) is 19.6 Å². The van der Waals surface area contributed by atoms with Gasteiger partial charge in [-0.2, -0.15) is 0 Å². The molecule has 1 heterocycles. The Bertz CT molecular complexity index is 702. The molecule has 0 aromatic rings. The second kappa shape index (κ2) is 19.1. The van der Waals surface area contributed by atoms with E-state index in [0.29, 0.717) is 32.5 Å². The van der Waals surface area contributed by atoms with E-state index >= 15 is 0 Å². The molecule has 1 fully saturated rings. The molecular formula is C27H40N2O3. The minimum Gasteiger partial charge on any atom is -0.465 e. The highest BCUT2D eigenvalue weighted by atomic mass is 16.4. The lowest BCUT2D eigenvalue weighted by Gasteiger charge is -2.32. The lowest BCUT2D eigenvalue weighted by Crippen LogP contribution is -2.56. The molecular weight excluding hydrogens is 400 g/mol. The predicted octanol–water partition coefficient (Wildman–Crippen LogP) is 5.99. The van der Waals surface area contributed by atoms with E-state index in [1.807, 2.05) is 6.08 Å². The Kier molecular flexibility index (Phi) is 16.3. The summed E-state index contributed by atoms with van der Waals surface area (Å²) >= 11 is 0. The van der Waals surface area contributed by atoms with Gasteiger partial charge in [0, 0.05) is 26.1 Å². The molecule has 2 N–H and O–H groups in total. The molecule has 1 aliphatic rings. The first-order valence-electron chi connectivity index (χ1n) is 11.8. The van der Waals surface area contributed by atoms with Crippen molar-refractivity contribution >= 4 is 11.9 Å². The molecule has 0 aromatic heterocycles. The first-order chi connectivity index (χ1) is 15.7.